The van der Waals surface area contributed by atoms with Gasteiger partial charge in [0.05, 0.1) is 0 Å². The predicted octanol–water partition coefficient (Wildman–Crippen LogP) is 2.43. The summed E-state index contributed by atoms with van der Waals surface area (Å²) in [6, 6.07) is 2.18. The SMILES string of the molecule is CCC(CC)Cn1ccc(CCN)c1. The summed E-state index contributed by atoms with van der Waals surface area (Å²) in [4.78, 5) is 0. The van der Waals surface area contributed by atoms with E-state index in [0.29, 0.717) is 0 Å². The van der Waals surface area contributed by atoms with Crippen LogP contribution in [0.1, 0.15) is 32.3 Å². The fraction of sp³-hybridized carbons (Fsp3) is 0.667. The van der Waals surface area contributed by atoms with Crippen molar-refractivity contribution in [2.45, 2.75) is 39.7 Å². The zero-order valence-corrected chi connectivity index (χ0v) is 9.37. The Balaban J connectivity index is 2.49. The van der Waals surface area contributed by atoms with Crippen LogP contribution in [0.2, 0.25) is 0 Å². The second kappa shape index (κ2) is 5.86. The molecule has 0 saturated heterocycles. The molecule has 0 amide bonds. The van der Waals surface area contributed by atoms with Crippen molar-refractivity contribution in [3.63, 3.8) is 0 Å². The maximum Gasteiger partial charge on any atom is 0.0247 e. The van der Waals surface area contributed by atoms with Crippen LogP contribution < -0.4 is 5.73 Å². The second-order valence-electron chi connectivity index (χ2n) is 3.94. The van der Waals surface area contributed by atoms with Crippen molar-refractivity contribution in [3.8, 4) is 0 Å². The fourth-order valence-electron chi connectivity index (χ4n) is 1.76. The standard InChI is InChI=1S/C12H22N2/c1-3-11(4-2)9-14-8-6-12(10-14)5-7-13/h6,8,10-11H,3-5,7,9,13H2,1-2H3. The number of nitrogens with two attached hydrogens (primary N) is 1. The highest BCUT2D eigenvalue weighted by Gasteiger charge is 2.04. The van der Waals surface area contributed by atoms with Crippen molar-refractivity contribution >= 4 is 0 Å². The first-order valence-corrected chi connectivity index (χ1v) is 5.64. The van der Waals surface area contributed by atoms with E-state index in [-0.39, 0.29) is 0 Å². The van der Waals surface area contributed by atoms with Crippen LogP contribution in [0.15, 0.2) is 18.5 Å². The lowest BCUT2D eigenvalue weighted by Crippen LogP contribution is -2.07. The molecule has 0 aliphatic rings. The molecule has 0 aromatic carbocycles. The fourth-order valence-corrected chi connectivity index (χ4v) is 1.76. The minimum atomic E-state index is 0.745. The number of nitrogens with zero attached hydrogens (tertiary/aromatic N) is 1. The van der Waals surface area contributed by atoms with Crippen molar-refractivity contribution in [2.24, 2.45) is 11.7 Å². The Bertz CT molecular complexity index is 249. The minimum absolute atomic E-state index is 0.745. The third kappa shape index (κ3) is 3.18. The first-order valence-electron chi connectivity index (χ1n) is 5.64. The molecule has 2 nitrogen and oxygen atoms in total. The molecule has 14 heavy (non-hydrogen) atoms. The van der Waals surface area contributed by atoms with Gasteiger partial charge in [0.15, 0.2) is 0 Å². The van der Waals surface area contributed by atoms with E-state index in [1.165, 1.54) is 18.4 Å². The highest BCUT2D eigenvalue weighted by atomic mass is 14.9. The summed E-state index contributed by atoms with van der Waals surface area (Å²) in [6.45, 7) is 6.42. The smallest absolute Gasteiger partial charge is 0.0247 e. The van der Waals surface area contributed by atoms with Crippen LogP contribution in [0.5, 0.6) is 0 Å². The lowest BCUT2D eigenvalue weighted by molar-refractivity contribution is 0.419. The lowest BCUT2D eigenvalue weighted by Gasteiger charge is -2.12. The maximum absolute atomic E-state index is 5.51. The van der Waals surface area contributed by atoms with Gasteiger partial charge in [0, 0.05) is 18.9 Å². The molecule has 0 radical (unpaired) electrons. The largest absolute Gasteiger partial charge is 0.354 e. The Morgan fingerprint density at radius 1 is 1.36 bits per heavy atom. The molecule has 1 rings (SSSR count). The average molecular weight is 194 g/mol. The molecule has 2 heteroatoms. The molecule has 0 bridgehead atoms. The Hall–Kier alpha value is -0.760. The van der Waals surface area contributed by atoms with E-state index in [2.05, 4.69) is 36.9 Å². The summed E-state index contributed by atoms with van der Waals surface area (Å²) < 4.78 is 2.29. The Morgan fingerprint density at radius 3 is 2.64 bits per heavy atom. The number of rotatable bonds is 6. The van der Waals surface area contributed by atoms with Crippen LogP contribution in [0.4, 0.5) is 0 Å². The summed E-state index contributed by atoms with van der Waals surface area (Å²) in [7, 11) is 0. The van der Waals surface area contributed by atoms with Crippen LogP contribution in [-0.2, 0) is 13.0 Å². The molecule has 0 fully saturated rings. The van der Waals surface area contributed by atoms with E-state index in [1.54, 1.807) is 0 Å². The molecule has 1 heterocycles. The number of hydrogen-bond acceptors (Lipinski definition) is 1. The van der Waals surface area contributed by atoms with Crippen LogP contribution in [0, 0.1) is 5.92 Å². The quantitative estimate of drug-likeness (QED) is 0.741. The van der Waals surface area contributed by atoms with Gasteiger partial charge in [-0.3, -0.25) is 0 Å². The van der Waals surface area contributed by atoms with Gasteiger partial charge in [0.2, 0.25) is 0 Å². The summed E-state index contributed by atoms with van der Waals surface area (Å²) >= 11 is 0. The molecular formula is C12H22N2. The van der Waals surface area contributed by atoms with E-state index in [1.807, 2.05) is 0 Å². The molecule has 0 spiro atoms. The van der Waals surface area contributed by atoms with Crippen molar-refractivity contribution in [1.29, 1.82) is 0 Å². The van der Waals surface area contributed by atoms with Gasteiger partial charge in [0.25, 0.3) is 0 Å². The molecular weight excluding hydrogens is 172 g/mol. The summed E-state index contributed by atoms with van der Waals surface area (Å²) in [5.41, 5.74) is 6.87. The zero-order valence-electron chi connectivity index (χ0n) is 9.37. The molecule has 1 aromatic rings. The van der Waals surface area contributed by atoms with E-state index in [9.17, 15) is 0 Å². The van der Waals surface area contributed by atoms with Gasteiger partial charge in [-0.1, -0.05) is 26.7 Å². The Morgan fingerprint density at radius 2 is 2.07 bits per heavy atom. The zero-order chi connectivity index (χ0) is 10.4. The van der Waals surface area contributed by atoms with Gasteiger partial charge in [-0.05, 0) is 30.5 Å². The summed E-state index contributed by atoms with van der Waals surface area (Å²) in [6.07, 6.45) is 7.92. The summed E-state index contributed by atoms with van der Waals surface area (Å²) in [5, 5.41) is 0. The second-order valence-corrected chi connectivity index (χ2v) is 3.94. The molecule has 0 aliphatic carbocycles. The van der Waals surface area contributed by atoms with Crippen molar-refractivity contribution < 1.29 is 0 Å². The first kappa shape index (κ1) is 11.3. The molecule has 0 aliphatic heterocycles. The van der Waals surface area contributed by atoms with E-state index < -0.39 is 0 Å². The summed E-state index contributed by atoms with van der Waals surface area (Å²) in [5.74, 6) is 0.813. The lowest BCUT2D eigenvalue weighted by atomic mass is 10.0. The van der Waals surface area contributed by atoms with Gasteiger partial charge < -0.3 is 10.3 Å². The van der Waals surface area contributed by atoms with Gasteiger partial charge in [0.1, 0.15) is 0 Å². The Labute approximate surface area is 87.1 Å². The van der Waals surface area contributed by atoms with E-state index in [0.717, 1.165) is 25.4 Å². The van der Waals surface area contributed by atoms with Crippen molar-refractivity contribution in [2.75, 3.05) is 6.54 Å². The molecule has 1 aromatic heterocycles. The topological polar surface area (TPSA) is 30.9 Å². The van der Waals surface area contributed by atoms with E-state index in [4.69, 9.17) is 5.73 Å². The van der Waals surface area contributed by atoms with Crippen molar-refractivity contribution in [1.82, 2.24) is 4.57 Å². The van der Waals surface area contributed by atoms with Crippen LogP contribution in [0.25, 0.3) is 0 Å². The minimum Gasteiger partial charge on any atom is -0.354 e. The van der Waals surface area contributed by atoms with Gasteiger partial charge in [-0.25, -0.2) is 0 Å². The Kier molecular flexibility index (Phi) is 4.74. The molecule has 0 saturated carbocycles. The van der Waals surface area contributed by atoms with Crippen LogP contribution in [0.3, 0.4) is 0 Å². The normalized spacial score (nSPS) is 11.1. The monoisotopic (exact) mass is 194 g/mol. The maximum atomic E-state index is 5.51. The molecule has 2 N–H and O–H groups in total. The van der Waals surface area contributed by atoms with Gasteiger partial charge in [-0.2, -0.15) is 0 Å². The van der Waals surface area contributed by atoms with Crippen LogP contribution >= 0.6 is 0 Å². The highest BCUT2D eigenvalue weighted by molar-refractivity contribution is 5.10. The molecule has 80 valence electrons. The highest BCUT2D eigenvalue weighted by Crippen LogP contribution is 2.12. The number of aromatic nitrogens is 1. The van der Waals surface area contributed by atoms with E-state index >= 15 is 0 Å². The van der Waals surface area contributed by atoms with Crippen molar-refractivity contribution in [3.05, 3.63) is 24.0 Å². The van der Waals surface area contributed by atoms with Gasteiger partial charge in [-0.15, -0.1) is 0 Å². The molecule has 0 unspecified atom stereocenters. The average Bonchev–Trinajstić information content (AvgIpc) is 2.63. The molecule has 0 atom stereocenters. The first-order chi connectivity index (χ1) is 6.80. The predicted molar refractivity (Wildman–Crippen MR) is 61.3 cm³/mol. The third-order valence-electron chi connectivity index (χ3n) is 2.87. The van der Waals surface area contributed by atoms with Crippen LogP contribution in [-0.4, -0.2) is 11.1 Å². The van der Waals surface area contributed by atoms with Gasteiger partial charge >= 0.3 is 0 Å². The number of hydrogen-bond donors (Lipinski definition) is 1. The third-order valence-corrected chi connectivity index (χ3v) is 2.87.